The van der Waals surface area contributed by atoms with Crippen LogP contribution in [0.3, 0.4) is 0 Å². The van der Waals surface area contributed by atoms with Crippen molar-refractivity contribution >= 4 is 5.91 Å². The van der Waals surface area contributed by atoms with Gasteiger partial charge >= 0.3 is 0 Å². The van der Waals surface area contributed by atoms with Crippen LogP contribution >= 0.6 is 0 Å². The number of amides is 1. The topological polar surface area (TPSA) is 41.6 Å². The molecule has 0 saturated carbocycles. The molecule has 92 valence electrons. The number of hydrogen-bond acceptors (Lipinski definition) is 3. The number of carbonyl (C=O) groups excluding carboxylic acids is 1. The number of nitrogens with one attached hydrogen (secondary N) is 1. The molecule has 1 N–H and O–H groups in total. The third kappa shape index (κ3) is 2.74. The average molecular weight is 226 g/mol. The van der Waals surface area contributed by atoms with Crippen molar-refractivity contribution in [3.63, 3.8) is 0 Å². The number of nitrogens with zero attached hydrogens (tertiary/aromatic N) is 1. The molecule has 2 heterocycles. The van der Waals surface area contributed by atoms with Gasteiger partial charge in [0.25, 0.3) is 0 Å². The zero-order chi connectivity index (χ0) is 11.4. The van der Waals surface area contributed by atoms with Crippen LogP contribution in [0, 0.1) is 11.8 Å². The fourth-order valence-corrected chi connectivity index (χ4v) is 2.59. The first-order valence-electron chi connectivity index (χ1n) is 6.36. The lowest BCUT2D eigenvalue weighted by molar-refractivity contribution is -0.138. The van der Waals surface area contributed by atoms with Crippen molar-refractivity contribution in [2.75, 3.05) is 39.4 Å². The lowest BCUT2D eigenvalue weighted by atomic mass is 9.86. The van der Waals surface area contributed by atoms with Crippen molar-refractivity contribution in [3.8, 4) is 0 Å². The summed E-state index contributed by atoms with van der Waals surface area (Å²) in [4.78, 5) is 14.3. The molecular weight excluding hydrogens is 204 g/mol. The Kier molecular flexibility index (Phi) is 4.18. The maximum absolute atomic E-state index is 12.3. The number of ether oxygens (including phenoxy) is 1. The highest BCUT2D eigenvalue weighted by Gasteiger charge is 2.29. The van der Waals surface area contributed by atoms with Gasteiger partial charge in [0.2, 0.25) is 5.91 Å². The van der Waals surface area contributed by atoms with E-state index in [1.54, 1.807) is 0 Å². The summed E-state index contributed by atoms with van der Waals surface area (Å²) < 4.78 is 5.34. The smallest absolute Gasteiger partial charge is 0.225 e. The van der Waals surface area contributed by atoms with Crippen LogP contribution < -0.4 is 5.32 Å². The van der Waals surface area contributed by atoms with Crippen molar-refractivity contribution in [2.24, 2.45) is 11.8 Å². The molecule has 4 nitrogen and oxygen atoms in total. The molecule has 1 amide bonds. The molecule has 0 aliphatic carbocycles. The molecule has 0 bridgehead atoms. The Morgan fingerprint density at radius 1 is 1.31 bits per heavy atom. The zero-order valence-electron chi connectivity index (χ0n) is 10.1. The fourth-order valence-electron chi connectivity index (χ4n) is 2.59. The van der Waals surface area contributed by atoms with E-state index in [0.717, 1.165) is 52.2 Å². The number of piperazine rings is 1. The first-order chi connectivity index (χ1) is 7.79. The summed E-state index contributed by atoms with van der Waals surface area (Å²) in [6.45, 7) is 7.34. The minimum absolute atomic E-state index is 0.169. The van der Waals surface area contributed by atoms with Gasteiger partial charge in [0.05, 0.1) is 0 Å². The first-order valence-corrected chi connectivity index (χ1v) is 6.36. The molecule has 1 unspecified atom stereocenters. The fraction of sp³-hybridized carbons (Fsp3) is 0.917. The number of rotatable bonds is 2. The van der Waals surface area contributed by atoms with E-state index in [2.05, 4.69) is 12.2 Å². The molecule has 2 saturated heterocycles. The Balaban J connectivity index is 1.86. The Bertz CT molecular complexity index is 233. The molecule has 0 aromatic heterocycles. The second kappa shape index (κ2) is 5.64. The average Bonchev–Trinajstić information content (AvgIpc) is 2.39. The van der Waals surface area contributed by atoms with Crippen LogP contribution in [0.15, 0.2) is 0 Å². The summed E-state index contributed by atoms with van der Waals surface area (Å²) in [7, 11) is 0. The van der Waals surface area contributed by atoms with Gasteiger partial charge in [-0.25, -0.2) is 0 Å². The van der Waals surface area contributed by atoms with E-state index >= 15 is 0 Å². The van der Waals surface area contributed by atoms with Crippen LogP contribution in [-0.2, 0) is 9.53 Å². The van der Waals surface area contributed by atoms with E-state index in [9.17, 15) is 4.79 Å². The normalized spacial score (nSPS) is 25.4. The van der Waals surface area contributed by atoms with Gasteiger partial charge in [-0.3, -0.25) is 4.79 Å². The summed E-state index contributed by atoms with van der Waals surface area (Å²) in [6, 6.07) is 0. The molecule has 2 fully saturated rings. The minimum atomic E-state index is 0.169. The number of hydrogen-bond donors (Lipinski definition) is 1. The lowest BCUT2D eigenvalue weighted by Crippen LogP contribution is -2.49. The molecule has 0 radical (unpaired) electrons. The van der Waals surface area contributed by atoms with Gasteiger partial charge in [-0.1, -0.05) is 6.92 Å². The standard InChI is InChI=1S/C12H22N2O2/c1-10(11-2-8-16-9-3-11)12(15)14-6-4-13-5-7-14/h10-11,13H,2-9H2,1H3. The van der Waals surface area contributed by atoms with Crippen molar-refractivity contribution in [3.05, 3.63) is 0 Å². The van der Waals surface area contributed by atoms with E-state index in [1.807, 2.05) is 4.90 Å². The van der Waals surface area contributed by atoms with Gasteiger partial charge in [-0.2, -0.15) is 0 Å². The van der Waals surface area contributed by atoms with Gasteiger partial charge in [0.15, 0.2) is 0 Å². The summed E-state index contributed by atoms with van der Waals surface area (Å²) >= 11 is 0. The third-order valence-corrected chi connectivity index (χ3v) is 3.79. The van der Waals surface area contributed by atoms with Crippen LogP contribution in [-0.4, -0.2) is 50.2 Å². The number of carbonyl (C=O) groups is 1. The molecule has 4 heteroatoms. The maximum Gasteiger partial charge on any atom is 0.225 e. The maximum atomic E-state index is 12.3. The van der Waals surface area contributed by atoms with E-state index in [-0.39, 0.29) is 5.92 Å². The van der Waals surface area contributed by atoms with Crippen LogP contribution in [0.4, 0.5) is 0 Å². The lowest BCUT2D eigenvalue weighted by Gasteiger charge is -2.33. The van der Waals surface area contributed by atoms with Crippen molar-refractivity contribution in [1.29, 1.82) is 0 Å². The van der Waals surface area contributed by atoms with E-state index < -0.39 is 0 Å². The molecule has 0 aromatic rings. The van der Waals surface area contributed by atoms with Gasteiger partial charge in [0.1, 0.15) is 0 Å². The predicted molar refractivity (Wildman–Crippen MR) is 62.2 cm³/mol. The van der Waals surface area contributed by atoms with Crippen molar-refractivity contribution in [2.45, 2.75) is 19.8 Å². The van der Waals surface area contributed by atoms with Crippen LogP contribution in [0.5, 0.6) is 0 Å². The Morgan fingerprint density at radius 2 is 1.94 bits per heavy atom. The summed E-state index contributed by atoms with van der Waals surface area (Å²) in [5.41, 5.74) is 0. The largest absolute Gasteiger partial charge is 0.381 e. The highest BCUT2D eigenvalue weighted by atomic mass is 16.5. The van der Waals surface area contributed by atoms with E-state index in [4.69, 9.17) is 4.74 Å². The van der Waals surface area contributed by atoms with E-state index in [0.29, 0.717) is 11.8 Å². The highest BCUT2D eigenvalue weighted by Crippen LogP contribution is 2.25. The zero-order valence-corrected chi connectivity index (χ0v) is 10.1. The van der Waals surface area contributed by atoms with Gasteiger partial charge in [-0.05, 0) is 18.8 Å². The molecule has 2 aliphatic rings. The predicted octanol–water partition coefficient (Wildman–Crippen LogP) is 0.481. The minimum Gasteiger partial charge on any atom is -0.381 e. The molecule has 0 aromatic carbocycles. The Labute approximate surface area is 97.3 Å². The Morgan fingerprint density at radius 3 is 2.56 bits per heavy atom. The molecule has 16 heavy (non-hydrogen) atoms. The van der Waals surface area contributed by atoms with Gasteiger partial charge in [0, 0.05) is 45.3 Å². The quantitative estimate of drug-likeness (QED) is 0.744. The van der Waals surface area contributed by atoms with Gasteiger partial charge < -0.3 is 15.0 Å². The van der Waals surface area contributed by atoms with Crippen molar-refractivity contribution in [1.82, 2.24) is 10.2 Å². The summed E-state index contributed by atoms with van der Waals surface area (Å²) in [6.07, 6.45) is 2.08. The molecule has 0 spiro atoms. The third-order valence-electron chi connectivity index (χ3n) is 3.79. The van der Waals surface area contributed by atoms with Crippen LogP contribution in [0.2, 0.25) is 0 Å². The van der Waals surface area contributed by atoms with Crippen LogP contribution in [0.25, 0.3) is 0 Å². The second-order valence-corrected chi connectivity index (χ2v) is 4.81. The molecule has 1 atom stereocenters. The van der Waals surface area contributed by atoms with Gasteiger partial charge in [-0.15, -0.1) is 0 Å². The summed E-state index contributed by atoms with van der Waals surface area (Å²) in [5, 5.41) is 3.27. The van der Waals surface area contributed by atoms with E-state index in [1.165, 1.54) is 0 Å². The summed E-state index contributed by atoms with van der Waals surface area (Å²) in [5.74, 6) is 1.03. The molecular formula is C12H22N2O2. The first kappa shape index (κ1) is 11.9. The Hall–Kier alpha value is -0.610. The monoisotopic (exact) mass is 226 g/mol. The molecule has 2 aliphatic heterocycles. The van der Waals surface area contributed by atoms with Crippen LogP contribution in [0.1, 0.15) is 19.8 Å². The SMILES string of the molecule is CC(C(=O)N1CCNCC1)C1CCOCC1. The highest BCUT2D eigenvalue weighted by molar-refractivity contribution is 5.78. The second-order valence-electron chi connectivity index (χ2n) is 4.81. The van der Waals surface area contributed by atoms with Crippen molar-refractivity contribution < 1.29 is 9.53 Å². The molecule has 2 rings (SSSR count).